The van der Waals surface area contributed by atoms with E-state index in [-0.39, 0.29) is 5.78 Å². The second kappa shape index (κ2) is 4.75. The minimum atomic E-state index is -0.806. The van der Waals surface area contributed by atoms with E-state index in [1.165, 1.54) is 13.2 Å². The van der Waals surface area contributed by atoms with Crippen LogP contribution in [0.5, 0.6) is 5.75 Å². The fourth-order valence-corrected chi connectivity index (χ4v) is 1.97. The summed E-state index contributed by atoms with van der Waals surface area (Å²) in [5, 5.41) is 0.436. The molecule has 0 aromatic heterocycles. The first-order chi connectivity index (χ1) is 8.13. The van der Waals surface area contributed by atoms with Gasteiger partial charge in [0.1, 0.15) is 11.7 Å². The van der Waals surface area contributed by atoms with Crippen LogP contribution in [-0.4, -0.2) is 25.5 Å². The van der Waals surface area contributed by atoms with Crippen molar-refractivity contribution in [2.24, 2.45) is 5.92 Å². The average Bonchev–Trinajstić information content (AvgIpc) is 2.49. The van der Waals surface area contributed by atoms with Gasteiger partial charge < -0.3 is 9.47 Å². The number of hydrogen-bond donors (Lipinski definition) is 0. The van der Waals surface area contributed by atoms with Crippen LogP contribution in [0, 0.1) is 5.92 Å². The van der Waals surface area contributed by atoms with Crippen molar-refractivity contribution in [1.29, 1.82) is 0 Å². The molecule has 1 aromatic rings. The van der Waals surface area contributed by atoms with Gasteiger partial charge in [-0.15, -0.1) is 0 Å². The maximum Gasteiger partial charge on any atom is 0.316 e. The van der Waals surface area contributed by atoms with Crippen LogP contribution in [0.2, 0.25) is 5.02 Å². The van der Waals surface area contributed by atoms with Crippen LogP contribution in [-0.2, 0) is 9.53 Å². The summed E-state index contributed by atoms with van der Waals surface area (Å²) < 4.78 is 10.0. The number of methoxy groups -OCH3 is 1. The molecular formula is C12H11ClO4. The molecule has 0 radical (unpaired) electrons. The standard InChI is InChI=1S/C12H11ClO4/c1-16-12(15)8-4-5-17-10-3-2-7(13)6-9(10)11(8)14/h2-3,6,8H,4-5H2,1H3. The fourth-order valence-electron chi connectivity index (χ4n) is 1.79. The number of halogens is 1. The maximum atomic E-state index is 12.1. The lowest BCUT2D eigenvalue weighted by molar-refractivity contribution is -0.143. The summed E-state index contributed by atoms with van der Waals surface area (Å²) in [7, 11) is 1.26. The Morgan fingerprint density at radius 2 is 2.29 bits per heavy atom. The predicted molar refractivity (Wildman–Crippen MR) is 61.4 cm³/mol. The molecule has 0 saturated carbocycles. The third kappa shape index (κ3) is 2.26. The molecule has 0 spiro atoms. The van der Waals surface area contributed by atoms with Gasteiger partial charge in [0.05, 0.1) is 19.3 Å². The zero-order valence-corrected chi connectivity index (χ0v) is 9.99. The Kier molecular flexibility index (Phi) is 3.33. The highest BCUT2D eigenvalue weighted by Gasteiger charge is 2.32. The first-order valence-electron chi connectivity index (χ1n) is 5.18. The summed E-state index contributed by atoms with van der Waals surface area (Å²) in [5.74, 6) is -1.18. The van der Waals surface area contributed by atoms with Gasteiger partial charge in [-0.3, -0.25) is 9.59 Å². The zero-order chi connectivity index (χ0) is 12.4. The lowest BCUT2D eigenvalue weighted by Gasteiger charge is -2.09. The summed E-state index contributed by atoms with van der Waals surface area (Å²) in [6.45, 7) is 0.306. The Bertz CT molecular complexity index is 470. The van der Waals surface area contributed by atoms with E-state index in [1.54, 1.807) is 12.1 Å². The lowest BCUT2D eigenvalue weighted by Crippen LogP contribution is -2.25. The number of Topliss-reactive ketones (excluding diaryl/α,β-unsaturated/α-hetero) is 1. The van der Waals surface area contributed by atoms with Gasteiger partial charge in [0.25, 0.3) is 0 Å². The molecular weight excluding hydrogens is 244 g/mol. The number of hydrogen-bond acceptors (Lipinski definition) is 4. The van der Waals surface area contributed by atoms with Crippen molar-refractivity contribution in [2.45, 2.75) is 6.42 Å². The van der Waals surface area contributed by atoms with Gasteiger partial charge in [-0.2, -0.15) is 0 Å². The summed E-state index contributed by atoms with van der Waals surface area (Å²) >= 11 is 5.83. The number of ether oxygens (including phenoxy) is 2. The summed E-state index contributed by atoms with van der Waals surface area (Å²) in [6.07, 6.45) is 0.317. The van der Waals surface area contributed by atoms with Crippen LogP contribution in [0.4, 0.5) is 0 Å². The molecule has 1 aromatic carbocycles. The smallest absolute Gasteiger partial charge is 0.316 e. The van der Waals surface area contributed by atoms with Crippen LogP contribution in [0.3, 0.4) is 0 Å². The van der Waals surface area contributed by atoms with Crippen molar-refractivity contribution >= 4 is 23.4 Å². The Morgan fingerprint density at radius 3 is 3.00 bits per heavy atom. The van der Waals surface area contributed by atoms with E-state index in [4.69, 9.17) is 16.3 Å². The maximum absolute atomic E-state index is 12.1. The number of carbonyl (C=O) groups is 2. The van der Waals surface area contributed by atoms with E-state index < -0.39 is 11.9 Å². The second-order valence-corrected chi connectivity index (χ2v) is 4.15. The molecule has 0 saturated heterocycles. The highest BCUT2D eigenvalue weighted by Crippen LogP contribution is 2.29. The Morgan fingerprint density at radius 1 is 1.53 bits per heavy atom. The van der Waals surface area contributed by atoms with Crippen LogP contribution in [0.1, 0.15) is 16.8 Å². The first-order valence-corrected chi connectivity index (χ1v) is 5.55. The summed E-state index contributed by atoms with van der Waals surface area (Å²) in [4.78, 5) is 23.6. The number of ketones is 1. The molecule has 1 atom stereocenters. The van der Waals surface area contributed by atoms with Gasteiger partial charge >= 0.3 is 5.97 Å². The quantitative estimate of drug-likeness (QED) is 0.569. The highest BCUT2D eigenvalue weighted by atomic mass is 35.5. The molecule has 0 aliphatic carbocycles. The van der Waals surface area contributed by atoms with Gasteiger partial charge in [0.2, 0.25) is 0 Å². The van der Waals surface area contributed by atoms with Crippen molar-refractivity contribution in [2.75, 3.05) is 13.7 Å². The van der Waals surface area contributed by atoms with E-state index in [0.717, 1.165) is 0 Å². The molecule has 2 rings (SSSR count). The van der Waals surface area contributed by atoms with Crippen molar-refractivity contribution in [3.8, 4) is 5.75 Å². The third-order valence-electron chi connectivity index (χ3n) is 2.67. The molecule has 0 N–H and O–H groups in total. The number of rotatable bonds is 1. The molecule has 1 unspecified atom stereocenters. The molecule has 1 aliphatic rings. The SMILES string of the molecule is COC(=O)C1CCOc2ccc(Cl)cc2C1=O. The van der Waals surface area contributed by atoms with Crippen LogP contribution in [0.25, 0.3) is 0 Å². The molecule has 0 amide bonds. The largest absolute Gasteiger partial charge is 0.493 e. The molecule has 5 heteroatoms. The number of benzene rings is 1. The molecule has 0 fully saturated rings. The van der Waals surface area contributed by atoms with Crippen molar-refractivity contribution < 1.29 is 19.1 Å². The van der Waals surface area contributed by atoms with Gasteiger partial charge in [-0.05, 0) is 18.2 Å². The first kappa shape index (κ1) is 11.9. The Balaban J connectivity index is 2.41. The molecule has 1 heterocycles. The van der Waals surface area contributed by atoms with Gasteiger partial charge in [-0.25, -0.2) is 0 Å². The Hall–Kier alpha value is -1.55. The normalized spacial score (nSPS) is 18.9. The minimum Gasteiger partial charge on any atom is -0.493 e. The zero-order valence-electron chi connectivity index (χ0n) is 9.23. The molecule has 4 nitrogen and oxygen atoms in total. The van der Waals surface area contributed by atoms with Crippen molar-refractivity contribution in [3.63, 3.8) is 0 Å². The van der Waals surface area contributed by atoms with Crippen LogP contribution >= 0.6 is 11.6 Å². The van der Waals surface area contributed by atoms with Crippen molar-refractivity contribution in [1.82, 2.24) is 0 Å². The number of esters is 1. The van der Waals surface area contributed by atoms with E-state index in [2.05, 4.69) is 4.74 Å². The summed E-state index contributed by atoms with van der Waals surface area (Å²) in [5.41, 5.74) is 0.338. The lowest BCUT2D eigenvalue weighted by atomic mass is 9.95. The third-order valence-corrected chi connectivity index (χ3v) is 2.91. The van der Waals surface area contributed by atoms with Gasteiger partial charge in [-0.1, -0.05) is 11.6 Å². The van der Waals surface area contributed by atoms with Crippen LogP contribution in [0.15, 0.2) is 18.2 Å². The Labute approximate surface area is 103 Å². The van der Waals surface area contributed by atoms with E-state index in [1.807, 2.05) is 0 Å². The highest BCUT2D eigenvalue weighted by molar-refractivity contribution is 6.31. The fraction of sp³-hybridized carbons (Fsp3) is 0.333. The second-order valence-electron chi connectivity index (χ2n) is 3.72. The topological polar surface area (TPSA) is 52.6 Å². The number of fused-ring (bicyclic) bond motifs is 1. The molecule has 1 aliphatic heterocycles. The summed E-state index contributed by atoms with van der Waals surface area (Å²) in [6, 6.07) is 4.79. The molecule has 17 heavy (non-hydrogen) atoms. The minimum absolute atomic E-state index is 0.299. The van der Waals surface area contributed by atoms with Crippen molar-refractivity contribution in [3.05, 3.63) is 28.8 Å². The monoisotopic (exact) mass is 254 g/mol. The van der Waals surface area contributed by atoms with Crippen LogP contribution < -0.4 is 4.74 Å². The van der Waals surface area contributed by atoms with Gasteiger partial charge in [0.15, 0.2) is 5.78 Å². The van der Waals surface area contributed by atoms with E-state index in [9.17, 15) is 9.59 Å². The molecule has 0 bridgehead atoms. The number of carbonyl (C=O) groups excluding carboxylic acids is 2. The van der Waals surface area contributed by atoms with E-state index in [0.29, 0.717) is 29.4 Å². The van der Waals surface area contributed by atoms with E-state index >= 15 is 0 Å². The average molecular weight is 255 g/mol. The predicted octanol–water partition coefficient (Wildman–Crippen LogP) is 2.09. The van der Waals surface area contributed by atoms with Gasteiger partial charge in [0, 0.05) is 11.4 Å². The molecule has 90 valence electrons.